The minimum absolute atomic E-state index is 0.181. The lowest BCUT2D eigenvalue weighted by atomic mass is 9.99. The van der Waals surface area contributed by atoms with Crippen LogP contribution in [-0.4, -0.2) is 16.1 Å². The summed E-state index contributed by atoms with van der Waals surface area (Å²) >= 11 is 1.36. The number of hydrogen-bond acceptors (Lipinski definition) is 4. The second kappa shape index (κ2) is 6.17. The third-order valence-electron chi connectivity index (χ3n) is 5.49. The number of aryl methyl sites for hydroxylation is 2. The molecule has 140 valence electrons. The predicted octanol–water partition coefficient (Wildman–Crippen LogP) is 3.37. The van der Waals surface area contributed by atoms with Crippen molar-refractivity contribution in [2.24, 2.45) is 4.36 Å². The Balaban J connectivity index is 1.54. The van der Waals surface area contributed by atoms with Gasteiger partial charge in [0.25, 0.3) is 0 Å². The number of amides is 3. The van der Waals surface area contributed by atoms with E-state index in [1.165, 1.54) is 33.6 Å². The molecule has 2 aromatic rings. The van der Waals surface area contributed by atoms with Gasteiger partial charge in [0.2, 0.25) is 5.91 Å². The molecule has 2 aliphatic carbocycles. The van der Waals surface area contributed by atoms with E-state index in [-0.39, 0.29) is 12.3 Å². The third kappa shape index (κ3) is 2.78. The normalized spacial score (nSPS) is 22.6. The molecule has 2 N–H and O–H groups in total. The van der Waals surface area contributed by atoms with Crippen LogP contribution in [0.15, 0.2) is 26.8 Å². The standard InChI is InChI=1S/C19H19N3O3S2/c23-17-10-15-16(7-8-26-15)27(25,21-17)22-19(24)20-18-13-5-1-3-11(13)9-12-4-2-6-14(12)18/h7-9H,1-6,10H2,(H2,20,21,22,23,24,25). The monoisotopic (exact) mass is 401 g/mol. The van der Waals surface area contributed by atoms with Crippen molar-refractivity contribution in [1.29, 1.82) is 0 Å². The number of thiophene rings is 1. The van der Waals surface area contributed by atoms with Gasteiger partial charge in [-0.3, -0.25) is 9.52 Å². The van der Waals surface area contributed by atoms with Crippen molar-refractivity contribution < 1.29 is 13.8 Å². The van der Waals surface area contributed by atoms with Gasteiger partial charge in [0, 0.05) is 10.6 Å². The lowest BCUT2D eigenvalue weighted by Gasteiger charge is -2.18. The summed E-state index contributed by atoms with van der Waals surface area (Å²) in [5.41, 5.74) is 5.86. The Labute approximate surface area is 161 Å². The number of urea groups is 1. The zero-order valence-corrected chi connectivity index (χ0v) is 16.3. The molecule has 1 unspecified atom stereocenters. The Morgan fingerprint density at radius 3 is 2.56 bits per heavy atom. The molecule has 6 nitrogen and oxygen atoms in total. The van der Waals surface area contributed by atoms with E-state index in [9.17, 15) is 13.8 Å². The van der Waals surface area contributed by atoms with Gasteiger partial charge >= 0.3 is 6.03 Å². The molecule has 8 heteroatoms. The van der Waals surface area contributed by atoms with Crippen LogP contribution in [0.2, 0.25) is 0 Å². The van der Waals surface area contributed by atoms with E-state index < -0.39 is 15.9 Å². The molecule has 27 heavy (non-hydrogen) atoms. The van der Waals surface area contributed by atoms with E-state index in [0.717, 1.165) is 44.2 Å². The highest BCUT2D eigenvalue weighted by Gasteiger charge is 2.30. The third-order valence-corrected chi connectivity index (χ3v) is 8.45. The van der Waals surface area contributed by atoms with Gasteiger partial charge in [-0.05, 0) is 72.2 Å². The van der Waals surface area contributed by atoms with Gasteiger partial charge in [0.1, 0.15) is 0 Å². The molecule has 5 rings (SSSR count). The number of nitrogens with one attached hydrogen (secondary N) is 2. The van der Waals surface area contributed by atoms with E-state index in [0.29, 0.717) is 9.77 Å². The van der Waals surface area contributed by atoms with Crippen molar-refractivity contribution in [3.63, 3.8) is 0 Å². The van der Waals surface area contributed by atoms with Gasteiger partial charge in [-0.15, -0.1) is 15.7 Å². The number of rotatable bonds is 1. The second-order valence-electron chi connectivity index (χ2n) is 7.19. The topological polar surface area (TPSA) is 87.6 Å². The fourth-order valence-corrected chi connectivity index (χ4v) is 7.26. The Kier molecular flexibility index (Phi) is 3.87. The van der Waals surface area contributed by atoms with Gasteiger partial charge in [-0.25, -0.2) is 9.00 Å². The largest absolute Gasteiger partial charge is 0.355 e. The molecule has 0 saturated heterocycles. The van der Waals surface area contributed by atoms with Crippen LogP contribution in [-0.2, 0) is 46.8 Å². The number of anilines is 1. The van der Waals surface area contributed by atoms with E-state index in [1.54, 1.807) is 11.4 Å². The van der Waals surface area contributed by atoms with Crippen molar-refractivity contribution >= 4 is 38.9 Å². The number of carbonyl (C=O) groups excluding carboxylic acids is 2. The highest BCUT2D eigenvalue weighted by molar-refractivity contribution is 7.93. The molecule has 1 atom stereocenters. The number of fused-ring (bicyclic) bond motifs is 3. The molecule has 1 aromatic heterocycles. The Bertz CT molecular complexity index is 1080. The quantitative estimate of drug-likeness (QED) is 0.768. The zero-order chi connectivity index (χ0) is 18.6. The first-order valence-electron chi connectivity index (χ1n) is 9.15. The Morgan fingerprint density at radius 1 is 1.15 bits per heavy atom. The van der Waals surface area contributed by atoms with Gasteiger partial charge in [-0.2, -0.15) is 0 Å². The van der Waals surface area contributed by atoms with E-state index in [1.807, 2.05) is 0 Å². The summed E-state index contributed by atoms with van der Waals surface area (Å²) in [6, 6.07) is 3.31. The first-order chi connectivity index (χ1) is 13.0. The molecule has 0 bridgehead atoms. The average molecular weight is 402 g/mol. The summed E-state index contributed by atoms with van der Waals surface area (Å²) in [5.74, 6) is -0.368. The average Bonchev–Trinajstić information content (AvgIpc) is 3.33. The van der Waals surface area contributed by atoms with Crippen LogP contribution >= 0.6 is 11.3 Å². The maximum absolute atomic E-state index is 13.2. The van der Waals surface area contributed by atoms with Crippen LogP contribution in [0.1, 0.15) is 40.0 Å². The Morgan fingerprint density at radius 2 is 1.85 bits per heavy atom. The van der Waals surface area contributed by atoms with Crippen LogP contribution in [0, 0.1) is 0 Å². The van der Waals surface area contributed by atoms with Crippen molar-refractivity contribution in [2.45, 2.75) is 49.8 Å². The minimum Gasteiger partial charge on any atom is -0.305 e. The van der Waals surface area contributed by atoms with Gasteiger partial charge < -0.3 is 5.32 Å². The van der Waals surface area contributed by atoms with Gasteiger partial charge in [0.15, 0.2) is 9.92 Å². The van der Waals surface area contributed by atoms with Gasteiger partial charge in [-0.1, -0.05) is 6.07 Å². The number of carbonyl (C=O) groups is 2. The molecule has 2 heterocycles. The lowest BCUT2D eigenvalue weighted by Crippen LogP contribution is -2.36. The summed E-state index contributed by atoms with van der Waals surface area (Å²) in [4.78, 5) is 25.8. The molecule has 0 fully saturated rings. The van der Waals surface area contributed by atoms with E-state index in [4.69, 9.17) is 0 Å². The van der Waals surface area contributed by atoms with Gasteiger partial charge in [0.05, 0.1) is 11.3 Å². The highest BCUT2D eigenvalue weighted by atomic mass is 32.2. The maximum atomic E-state index is 13.2. The molecule has 3 amide bonds. The summed E-state index contributed by atoms with van der Waals surface area (Å²) in [6.07, 6.45) is 6.31. The summed E-state index contributed by atoms with van der Waals surface area (Å²) in [6.45, 7) is 0. The minimum atomic E-state index is -3.28. The van der Waals surface area contributed by atoms with Crippen LogP contribution in [0.4, 0.5) is 10.5 Å². The van der Waals surface area contributed by atoms with Crippen molar-refractivity contribution in [3.05, 3.63) is 44.6 Å². The van der Waals surface area contributed by atoms with E-state index >= 15 is 0 Å². The molecule has 1 aliphatic heterocycles. The molecule has 0 spiro atoms. The highest BCUT2D eigenvalue weighted by Crippen LogP contribution is 2.38. The van der Waals surface area contributed by atoms with Crippen molar-refractivity contribution in [1.82, 2.24) is 4.72 Å². The fraction of sp³-hybridized carbons (Fsp3) is 0.368. The first kappa shape index (κ1) is 16.9. The lowest BCUT2D eigenvalue weighted by molar-refractivity contribution is -0.118. The van der Waals surface area contributed by atoms with Crippen molar-refractivity contribution in [3.8, 4) is 0 Å². The number of hydrogen-bond donors (Lipinski definition) is 2. The van der Waals surface area contributed by atoms with Crippen LogP contribution in [0.5, 0.6) is 0 Å². The molecular formula is C19H19N3O3S2. The number of benzene rings is 1. The smallest absolute Gasteiger partial charge is 0.305 e. The predicted molar refractivity (Wildman–Crippen MR) is 105 cm³/mol. The molecular weight excluding hydrogens is 382 g/mol. The SMILES string of the molecule is O=C1Cc2sccc2S(=O)(=NC(=O)Nc2c3c(cc4c2CCC4)CCC3)N1. The van der Waals surface area contributed by atoms with Crippen molar-refractivity contribution in [2.75, 3.05) is 5.32 Å². The summed E-state index contributed by atoms with van der Waals surface area (Å²) in [5, 5.41) is 4.69. The zero-order valence-electron chi connectivity index (χ0n) is 14.7. The maximum Gasteiger partial charge on any atom is 0.355 e. The van der Waals surface area contributed by atoms with Crippen LogP contribution in [0.3, 0.4) is 0 Å². The molecule has 3 aliphatic rings. The summed E-state index contributed by atoms with van der Waals surface area (Å²) < 4.78 is 19.6. The Hall–Kier alpha value is -2.19. The van der Waals surface area contributed by atoms with E-state index in [2.05, 4.69) is 20.5 Å². The number of nitrogens with zero attached hydrogens (tertiary/aromatic N) is 1. The van der Waals surface area contributed by atoms with Crippen LogP contribution in [0.25, 0.3) is 0 Å². The van der Waals surface area contributed by atoms with Crippen LogP contribution < -0.4 is 10.0 Å². The summed E-state index contributed by atoms with van der Waals surface area (Å²) in [7, 11) is -3.28. The first-order valence-corrected chi connectivity index (χ1v) is 11.5. The molecule has 0 radical (unpaired) electrons. The molecule has 1 aromatic carbocycles. The second-order valence-corrected chi connectivity index (χ2v) is 10.1. The molecule has 0 saturated carbocycles. The fourth-order valence-electron chi connectivity index (χ4n) is 4.38.